The molecule has 0 unspecified atom stereocenters. The highest BCUT2D eigenvalue weighted by atomic mass is 19.4. The van der Waals surface area contributed by atoms with Gasteiger partial charge in [-0.15, -0.1) is 0 Å². The van der Waals surface area contributed by atoms with Crippen LogP contribution in [0.5, 0.6) is 0 Å². The average Bonchev–Trinajstić information content (AvgIpc) is 2.69. The average molecular weight is 254 g/mol. The molecule has 1 aromatic heterocycles. The minimum atomic E-state index is -4.48. The third kappa shape index (κ3) is 2.13. The Morgan fingerprint density at radius 2 is 1.94 bits per heavy atom. The lowest BCUT2D eigenvalue weighted by Gasteiger charge is -2.11. The van der Waals surface area contributed by atoms with Crippen molar-refractivity contribution >= 4 is 6.29 Å². The molecule has 0 saturated heterocycles. The maximum absolute atomic E-state index is 12.9. The summed E-state index contributed by atoms with van der Waals surface area (Å²) in [7, 11) is 1.55. The van der Waals surface area contributed by atoms with Gasteiger partial charge in [-0.1, -0.05) is 18.2 Å². The van der Waals surface area contributed by atoms with E-state index in [0.29, 0.717) is 6.29 Å². The Labute approximate surface area is 101 Å². The molecule has 0 bridgehead atoms. The van der Waals surface area contributed by atoms with Crippen LogP contribution < -0.4 is 0 Å². The summed E-state index contributed by atoms with van der Waals surface area (Å²) in [6.45, 7) is 0. The number of nitrogens with zero attached hydrogens (tertiary/aromatic N) is 2. The highest BCUT2D eigenvalue weighted by molar-refractivity contribution is 5.86. The molecule has 3 nitrogen and oxygen atoms in total. The van der Waals surface area contributed by atoms with Gasteiger partial charge < -0.3 is 0 Å². The number of hydrogen-bond donors (Lipinski definition) is 0. The number of carbonyl (C=O) groups is 1. The van der Waals surface area contributed by atoms with Crippen LogP contribution in [0.25, 0.3) is 11.3 Å². The molecule has 0 radical (unpaired) electrons. The normalized spacial score (nSPS) is 11.6. The molecule has 0 atom stereocenters. The summed E-state index contributed by atoms with van der Waals surface area (Å²) >= 11 is 0. The van der Waals surface area contributed by atoms with Gasteiger partial charge in [0.15, 0.2) is 6.29 Å². The smallest absolute Gasteiger partial charge is 0.298 e. The van der Waals surface area contributed by atoms with E-state index in [1.165, 1.54) is 29.1 Å². The zero-order valence-electron chi connectivity index (χ0n) is 9.40. The van der Waals surface area contributed by atoms with E-state index < -0.39 is 11.7 Å². The van der Waals surface area contributed by atoms with Crippen LogP contribution in [0.1, 0.15) is 15.9 Å². The van der Waals surface area contributed by atoms with Gasteiger partial charge >= 0.3 is 6.18 Å². The summed E-state index contributed by atoms with van der Waals surface area (Å²) in [6.07, 6.45) is -2.60. The summed E-state index contributed by atoms with van der Waals surface area (Å²) in [5.74, 6) is 0. The Balaban J connectivity index is 2.67. The molecule has 0 N–H and O–H groups in total. The lowest BCUT2D eigenvalue weighted by Crippen LogP contribution is -2.07. The predicted octanol–water partition coefficient (Wildman–Crippen LogP) is 2.92. The number of halogens is 3. The zero-order valence-corrected chi connectivity index (χ0v) is 9.40. The van der Waals surface area contributed by atoms with Crippen LogP contribution in [0.15, 0.2) is 30.5 Å². The number of aromatic nitrogens is 2. The van der Waals surface area contributed by atoms with Gasteiger partial charge in [0.2, 0.25) is 0 Å². The van der Waals surface area contributed by atoms with Crippen molar-refractivity contribution in [2.75, 3.05) is 0 Å². The van der Waals surface area contributed by atoms with Gasteiger partial charge in [-0.3, -0.25) is 9.48 Å². The number of aryl methyl sites for hydroxylation is 1. The van der Waals surface area contributed by atoms with Crippen molar-refractivity contribution in [2.24, 2.45) is 7.05 Å². The lowest BCUT2D eigenvalue weighted by atomic mass is 10.0. The van der Waals surface area contributed by atoms with Gasteiger partial charge in [0.05, 0.1) is 11.1 Å². The maximum atomic E-state index is 12.9. The van der Waals surface area contributed by atoms with Crippen molar-refractivity contribution in [1.29, 1.82) is 0 Å². The van der Waals surface area contributed by atoms with Gasteiger partial charge in [0.1, 0.15) is 5.69 Å². The summed E-state index contributed by atoms with van der Waals surface area (Å²) in [5, 5.41) is 3.91. The number of hydrogen-bond acceptors (Lipinski definition) is 2. The second kappa shape index (κ2) is 4.29. The Morgan fingerprint density at radius 1 is 1.28 bits per heavy atom. The van der Waals surface area contributed by atoms with Crippen LogP contribution in [0.4, 0.5) is 13.2 Å². The molecule has 0 fully saturated rings. The molecule has 0 saturated carbocycles. The third-order valence-corrected chi connectivity index (χ3v) is 2.47. The minimum Gasteiger partial charge on any atom is -0.298 e. The summed E-state index contributed by atoms with van der Waals surface area (Å²) in [5.41, 5.74) is -0.714. The molecular weight excluding hydrogens is 245 g/mol. The monoisotopic (exact) mass is 254 g/mol. The largest absolute Gasteiger partial charge is 0.417 e. The Hall–Kier alpha value is -2.11. The van der Waals surface area contributed by atoms with E-state index in [1.54, 1.807) is 7.05 Å². The molecule has 0 spiro atoms. The van der Waals surface area contributed by atoms with Gasteiger partial charge in [-0.05, 0) is 6.07 Å². The molecular formula is C12H9F3N2O. The van der Waals surface area contributed by atoms with E-state index in [9.17, 15) is 18.0 Å². The second-order valence-electron chi connectivity index (χ2n) is 3.77. The Bertz CT molecular complexity index is 587. The molecule has 94 valence electrons. The fourth-order valence-corrected chi connectivity index (χ4v) is 1.74. The fraction of sp³-hybridized carbons (Fsp3) is 0.167. The van der Waals surface area contributed by atoms with Crippen molar-refractivity contribution in [2.45, 2.75) is 6.18 Å². The van der Waals surface area contributed by atoms with E-state index in [-0.39, 0.29) is 16.8 Å². The number of aldehydes is 1. The third-order valence-electron chi connectivity index (χ3n) is 2.47. The van der Waals surface area contributed by atoms with Crippen molar-refractivity contribution in [3.63, 3.8) is 0 Å². The van der Waals surface area contributed by atoms with Crippen LogP contribution in [0, 0.1) is 0 Å². The predicted molar refractivity (Wildman–Crippen MR) is 59.0 cm³/mol. The van der Waals surface area contributed by atoms with Crippen molar-refractivity contribution < 1.29 is 18.0 Å². The minimum absolute atomic E-state index is 0.0421. The first-order chi connectivity index (χ1) is 8.43. The van der Waals surface area contributed by atoms with E-state index in [4.69, 9.17) is 0 Å². The second-order valence-corrected chi connectivity index (χ2v) is 3.77. The molecule has 0 aliphatic rings. The molecule has 0 amide bonds. The van der Waals surface area contributed by atoms with Crippen molar-refractivity contribution in [3.8, 4) is 11.3 Å². The van der Waals surface area contributed by atoms with E-state index in [0.717, 1.165) is 6.07 Å². The van der Waals surface area contributed by atoms with Crippen LogP contribution >= 0.6 is 0 Å². The molecule has 2 aromatic rings. The van der Waals surface area contributed by atoms with E-state index in [1.807, 2.05) is 0 Å². The van der Waals surface area contributed by atoms with Crippen LogP contribution in [-0.4, -0.2) is 16.1 Å². The molecule has 0 aliphatic carbocycles. The quantitative estimate of drug-likeness (QED) is 0.772. The SMILES string of the molecule is Cn1cc(C=O)c(-c2ccccc2C(F)(F)F)n1. The van der Waals surface area contributed by atoms with Crippen molar-refractivity contribution in [3.05, 3.63) is 41.6 Å². The van der Waals surface area contributed by atoms with Gasteiger partial charge in [0.25, 0.3) is 0 Å². The zero-order chi connectivity index (χ0) is 13.3. The highest BCUT2D eigenvalue weighted by Gasteiger charge is 2.34. The highest BCUT2D eigenvalue weighted by Crippen LogP contribution is 2.37. The van der Waals surface area contributed by atoms with Crippen LogP contribution in [-0.2, 0) is 13.2 Å². The Kier molecular flexibility index (Phi) is 2.94. The molecule has 1 heterocycles. The summed E-state index contributed by atoms with van der Waals surface area (Å²) in [4.78, 5) is 10.8. The summed E-state index contributed by atoms with van der Waals surface area (Å²) in [6, 6.07) is 5.06. The first-order valence-electron chi connectivity index (χ1n) is 5.09. The van der Waals surface area contributed by atoms with Gasteiger partial charge in [-0.25, -0.2) is 0 Å². The molecule has 1 aromatic carbocycles. The van der Waals surface area contributed by atoms with Crippen LogP contribution in [0.3, 0.4) is 0 Å². The van der Waals surface area contributed by atoms with Crippen molar-refractivity contribution in [1.82, 2.24) is 9.78 Å². The number of rotatable bonds is 2. The topological polar surface area (TPSA) is 34.9 Å². The van der Waals surface area contributed by atoms with Gasteiger partial charge in [0, 0.05) is 18.8 Å². The first kappa shape index (κ1) is 12.3. The summed E-state index contributed by atoms with van der Waals surface area (Å²) < 4.78 is 39.9. The Morgan fingerprint density at radius 3 is 2.56 bits per heavy atom. The number of benzene rings is 1. The number of carbonyl (C=O) groups excluding carboxylic acids is 1. The lowest BCUT2D eigenvalue weighted by molar-refractivity contribution is -0.137. The van der Waals surface area contributed by atoms with Crippen LogP contribution in [0.2, 0.25) is 0 Å². The molecule has 6 heteroatoms. The van der Waals surface area contributed by atoms with E-state index in [2.05, 4.69) is 5.10 Å². The standard InChI is InChI=1S/C12H9F3N2O/c1-17-6-8(7-18)11(16-17)9-4-2-3-5-10(9)12(13,14)15/h2-7H,1H3. The first-order valence-corrected chi connectivity index (χ1v) is 5.09. The molecule has 0 aliphatic heterocycles. The fourth-order valence-electron chi connectivity index (χ4n) is 1.74. The molecule has 18 heavy (non-hydrogen) atoms. The van der Waals surface area contributed by atoms with Gasteiger partial charge in [-0.2, -0.15) is 18.3 Å². The maximum Gasteiger partial charge on any atom is 0.417 e. The number of alkyl halides is 3. The van der Waals surface area contributed by atoms with E-state index >= 15 is 0 Å². The molecule has 2 rings (SSSR count).